The van der Waals surface area contributed by atoms with E-state index in [4.69, 9.17) is 14.2 Å². The van der Waals surface area contributed by atoms with Crippen molar-refractivity contribution in [2.24, 2.45) is 0 Å². The fraction of sp³-hybridized carbons (Fsp3) is 0.750. The zero-order chi connectivity index (χ0) is 42.3. The van der Waals surface area contributed by atoms with E-state index in [1.165, 1.54) is 116 Å². The van der Waals surface area contributed by atoms with E-state index in [1.807, 2.05) is 12.2 Å². The van der Waals surface area contributed by atoms with Crippen molar-refractivity contribution in [3.8, 4) is 0 Å². The fourth-order valence-electron chi connectivity index (χ4n) is 6.63. The molecule has 0 aromatic heterocycles. The summed E-state index contributed by atoms with van der Waals surface area (Å²) in [6.07, 6.45) is 56.4. The molecule has 0 fully saturated rings. The Morgan fingerprint density at radius 3 is 1.12 bits per heavy atom. The molecule has 0 bridgehead atoms. The Balaban J connectivity index is 4.47. The summed E-state index contributed by atoms with van der Waals surface area (Å²) in [5.41, 5.74) is 0. The number of carbonyl (C=O) groups is 3. The van der Waals surface area contributed by atoms with Gasteiger partial charge in [-0.05, 0) is 70.6 Å². The maximum absolute atomic E-state index is 12.7. The van der Waals surface area contributed by atoms with Gasteiger partial charge >= 0.3 is 17.9 Å². The van der Waals surface area contributed by atoms with Gasteiger partial charge in [-0.25, -0.2) is 0 Å². The number of unbranched alkanes of at least 4 members (excludes halogenated alkanes) is 22. The van der Waals surface area contributed by atoms with Crippen LogP contribution in [0.2, 0.25) is 0 Å². The summed E-state index contributed by atoms with van der Waals surface area (Å²) in [5, 5.41) is 0. The first-order valence-electron chi connectivity index (χ1n) is 24.3. The quantitative estimate of drug-likeness (QED) is 0.0264. The van der Waals surface area contributed by atoms with Gasteiger partial charge in [0.15, 0.2) is 6.10 Å². The van der Waals surface area contributed by atoms with Crippen LogP contribution in [0, 0.1) is 0 Å². The van der Waals surface area contributed by atoms with Crippen LogP contribution >= 0.6 is 0 Å². The standard InChI is InChI=1S/C52H90O6/c1-4-7-10-13-16-19-22-25-28-30-33-36-39-42-45-51(54)57-48-49(58-52(55)46-43-40-37-34-31-27-24-21-18-15-12-9-6-3)47-56-50(53)44-41-38-35-32-29-26-23-20-17-14-11-8-5-2/h9,12,18,21-22,25,27,31,37,40,49H,4-8,10-11,13-17,19-20,23-24,26,28-30,32-36,38-39,41-48H2,1-3H3/b12-9-,21-18-,25-22-,31-27-,40-37-. The lowest BCUT2D eigenvalue weighted by Crippen LogP contribution is -2.30. The monoisotopic (exact) mass is 811 g/mol. The van der Waals surface area contributed by atoms with Gasteiger partial charge in [0.05, 0.1) is 0 Å². The van der Waals surface area contributed by atoms with Gasteiger partial charge in [0, 0.05) is 19.3 Å². The number of allylic oxidation sites excluding steroid dienone is 10. The molecule has 58 heavy (non-hydrogen) atoms. The Labute approximate surface area is 358 Å². The number of hydrogen-bond acceptors (Lipinski definition) is 6. The summed E-state index contributed by atoms with van der Waals surface area (Å²) in [6.45, 7) is 6.44. The first-order valence-corrected chi connectivity index (χ1v) is 24.3. The van der Waals surface area contributed by atoms with Crippen LogP contribution in [-0.2, 0) is 28.6 Å². The minimum atomic E-state index is -0.811. The zero-order valence-corrected chi connectivity index (χ0v) is 38.0. The number of carbonyl (C=O) groups excluding carboxylic acids is 3. The van der Waals surface area contributed by atoms with Crippen molar-refractivity contribution in [2.45, 2.75) is 239 Å². The molecule has 1 unspecified atom stereocenters. The van der Waals surface area contributed by atoms with E-state index in [-0.39, 0.29) is 31.6 Å². The highest BCUT2D eigenvalue weighted by molar-refractivity contribution is 5.71. The molecular formula is C52H90O6. The van der Waals surface area contributed by atoms with E-state index in [0.717, 1.165) is 70.6 Å². The predicted molar refractivity (Wildman–Crippen MR) is 247 cm³/mol. The van der Waals surface area contributed by atoms with E-state index >= 15 is 0 Å². The van der Waals surface area contributed by atoms with Gasteiger partial charge in [-0.2, -0.15) is 0 Å². The van der Waals surface area contributed by atoms with Crippen molar-refractivity contribution in [3.05, 3.63) is 60.8 Å². The van der Waals surface area contributed by atoms with Crippen molar-refractivity contribution in [1.29, 1.82) is 0 Å². The third kappa shape index (κ3) is 44.2. The second-order valence-corrected chi connectivity index (χ2v) is 16.0. The zero-order valence-electron chi connectivity index (χ0n) is 38.0. The van der Waals surface area contributed by atoms with Crippen LogP contribution in [-0.4, -0.2) is 37.2 Å². The fourth-order valence-corrected chi connectivity index (χ4v) is 6.63. The van der Waals surface area contributed by atoms with Crippen LogP contribution in [0.5, 0.6) is 0 Å². The number of esters is 3. The first kappa shape index (κ1) is 55.1. The van der Waals surface area contributed by atoms with Gasteiger partial charge < -0.3 is 14.2 Å². The molecule has 0 saturated heterocycles. The summed E-state index contributed by atoms with van der Waals surface area (Å²) in [5.74, 6) is -0.993. The molecule has 0 aliphatic heterocycles. The van der Waals surface area contributed by atoms with Crippen molar-refractivity contribution >= 4 is 17.9 Å². The van der Waals surface area contributed by atoms with Crippen molar-refractivity contribution in [1.82, 2.24) is 0 Å². The van der Waals surface area contributed by atoms with Gasteiger partial charge in [-0.1, -0.05) is 204 Å². The van der Waals surface area contributed by atoms with Crippen molar-refractivity contribution < 1.29 is 28.6 Å². The molecule has 334 valence electrons. The highest BCUT2D eigenvalue weighted by Gasteiger charge is 2.19. The molecule has 6 nitrogen and oxygen atoms in total. The van der Waals surface area contributed by atoms with E-state index < -0.39 is 12.1 Å². The minimum absolute atomic E-state index is 0.104. The highest BCUT2D eigenvalue weighted by Crippen LogP contribution is 2.14. The Hall–Kier alpha value is -2.89. The summed E-state index contributed by atoms with van der Waals surface area (Å²) < 4.78 is 16.7. The molecule has 0 N–H and O–H groups in total. The van der Waals surface area contributed by atoms with Crippen LogP contribution in [0.1, 0.15) is 233 Å². The molecule has 0 spiro atoms. The predicted octanol–water partition coefficient (Wildman–Crippen LogP) is 15.7. The van der Waals surface area contributed by atoms with E-state index in [0.29, 0.717) is 19.3 Å². The second kappa shape index (κ2) is 46.8. The highest BCUT2D eigenvalue weighted by atomic mass is 16.6. The summed E-state index contributed by atoms with van der Waals surface area (Å²) in [6, 6.07) is 0. The van der Waals surface area contributed by atoms with Crippen LogP contribution < -0.4 is 0 Å². The van der Waals surface area contributed by atoms with Gasteiger partial charge in [0.25, 0.3) is 0 Å². The lowest BCUT2D eigenvalue weighted by molar-refractivity contribution is -0.166. The van der Waals surface area contributed by atoms with E-state index in [1.54, 1.807) is 0 Å². The van der Waals surface area contributed by atoms with E-state index in [2.05, 4.69) is 69.4 Å². The number of rotatable bonds is 43. The van der Waals surface area contributed by atoms with Crippen LogP contribution in [0.4, 0.5) is 0 Å². The Morgan fingerprint density at radius 1 is 0.362 bits per heavy atom. The molecule has 0 aromatic rings. The van der Waals surface area contributed by atoms with Crippen LogP contribution in [0.3, 0.4) is 0 Å². The average Bonchev–Trinajstić information content (AvgIpc) is 3.22. The van der Waals surface area contributed by atoms with Gasteiger partial charge in [0.2, 0.25) is 0 Å². The van der Waals surface area contributed by atoms with Gasteiger partial charge in [-0.3, -0.25) is 14.4 Å². The van der Waals surface area contributed by atoms with Crippen LogP contribution in [0.25, 0.3) is 0 Å². The Morgan fingerprint density at radius 2 is 0.707 bits per heavy atom. The number of ether oxygens (including phenoxy) is 3. The lowest BCUT2D eigenvalue weighted by atomic mass is 10.0. The average molecular weight is 811 g/mol. The normalized spacial score (nSPS) is 12.5. The van der Waals surface area contributed by atoms with Crippen molar-refractivity contribution in [2.75, 3.05) is 13.2 Å². The maximum atomic E-state index is 12.7. The second-order valence-electron chi connectivity index (χ2n) is 16.0. The third-order valence-electron chi connectivity index (χ3n) is 10.3. The Kier molecular flexibility index (Phi) is 44.5. The summed E-state index contributed by atoms with van der Waals surface area (Å²) in [4.78, 5) is 37.8. The molecule has 0 saturated carbocycles. The van der Waals surface area contributed by atoms with E-state index in [9.17, 15) is 14.4 Å². The largest absolute Gasteiger partial charge is 0.462 e. The SMILES string of the molecule is CC/C=C\C/C=C\C/C=C\C/C=C\CCC(=O)OC(COC(=O)CCCCCCC/C=C\CCCCCCC)COC(=O)CCCCCCCCCCCCCCC. The molecule has 0 aliphatic carbocycles. The van der Waals surface area contributed by atoms with Gasteiger partial charge in [0.1, 0.15) is 13.2 Å². The Bertz CT molecular complexity index is 1070. The van der Waals surface area contributed by atoms with Gasteiger partial charge in [-0.15, -0.1) is 0 Å². The topological polar surface area (TPSA) is 78.9 Å². The molecule has 0 aliphatic rings. The van der Waals surface area contributed by atoms with Crippen molar-refractivity contribution in [3.63, 3.8) is 0 Å². The smallest absolute Gasteiger partial charge is 0.306 e. The molecule has 0 amide bonds. The molecule has 0 heterocycles. The lowest BCUT2D eigenvalue weighted by Gasteiger charge is -2.18. The molecular weight excluding hydrogens is 721 g/mol. The van der Waals surface area contributed by atoms with Crippen LogP contribution in [0.15, 0.2) is 60.8 Å². The third-order valence-corrected chi connectivity index (χ3v) is 10.3. The summed E-state index contributed by atoms with van der Waals surface area (Å²) in [7, 11) is 0. The molecule has 0 aromatic carbocycles. The first-order chi connectivity index (χ1) is 28.5. The molecule has 0 radical (unpaired) electrons. The number of hydrogen-bond donors (Lipinski definition) is 0. The molecule has 0 rings (SSSR count). The summed E-state index contributed by atoms with van der Waals surface area (Å²) >= 11 is 0. The molecule has 1 atom stereocenters. The maximum Gasteiger partial charge on any atom is 0.306 e. The minimum Gasteiger partial charge on any atom is -0.462 e. The molecule has 6 heteroatoms.